The molecule has 0 bridgehead atoms. The third-order valence-electron chi connectivity index (χ3n) is 6.06. The molecule has 1 N–H and O–H groups in total. The van der Waals surface area contributed by atoms with Crippen LogP contribution in [-0.2, 0) is 24.1 Å². The Morgan fingerprint density at radius 1 is 1.00 bits per heavy atom. The van der Waals surface area contributed by atoms with E-state index in [-0.39, 0.29) is 5.91 Å². The van der Waals surface area contributed by atoms with Crippen molar-refractivity contribution in [3.63, 3.8) is 0 Å². The second kappa shape index (κ2) is 9.80. The fourth-order valence-corrected chi connectivity index (χ4v) is 4.38. The Hall–Kier alpha value is -2.81. The number of rotatable bonds is 8. The standard InChI is InChI=1S/C27H31NO2/c1-2-26(30-24-17-16-20-9-3-4-11-23(20)19-24)27(29)28-18-8-14-22-13-7-12-21-10-5-6-15-25(21)22/h5-7,10,12-13,15-17,19,26H,2-4,8-9,11,14,18H2,1H3,(H,28,29)/t26-/m0/s1. The van der Waals surface area contributed by atoms with Gasteiger partial charge in [0.15, 0.2) is 6.10 Å². The lowest BCUT2D eigenvalue weighted by Gasteiger charge is -2.20. The summed E-state index contributed by atoms with van der Waals surface area (Å²) in [6.45, 7) is 2.66. The average molecular weight is 402 g/mol. The van der Waals surface area contributed by atoms with Crippen LogP contribution in [0.25, 0.3) is 10.8 Å². The number of benzene rings is 3. The van der Waals surface area contributed by atoms with Crippen LogP contribution in [0.4, 0.5) is 0 Å². The van der Waals surface area contributed by atoms with E-state index in [2.05, 4.69) is 59.9 Å². The molecule has 0 unspecified atom stereocenters. The maximum absolute atomic E-state index is 12.7. The third-order valence-corrected chi connectivity index (χ3v) is 6.06. The maximum atomic E-state index is 12.7. The fourth-order valence-electron chi connectivity index (χ4n) is 4.38. The van der Waals surface area contributed by atoms with Crippen LogP contribution >= 0.6 is 0 Å². The number of hydrogen-bond donors (Lipinski definition) is 1. The third kappa shape index (κ3) is 4.84. The Morgan fingerprint density at radius 3 is 2.67 bits per heavy atom. The fraction of sp³-hybridized carbons (Fsp3) is 0.370. The highest BCUT2D eigenvalue weighted by atomic mass is 16.5. The lowest BCUT2D eigenvalue weighted by Crippen LogP contribution is -2.38. The van der Waals surface area contributed by atoms with Crippen LogP contribution in [0.15, 0.2) is 60.7 Å². The zero-order chi connectivity index (χ0) is 20.8. The van der Waals surface area contributed by atoms with Crippen molar-refractivity contribution in [1.29, 1.82) is 0 Å². The summed E-state index contributed by atoms with van der Waals surface area (Å²) in [5.74, 6) is 0.793. The maximum Gasteiger partial charge on any atom is 0.261 e. The van der Waals surface area contributed by atoms with Crippen molar-refractivity contribution in [1.82, 2.24) is 5.32 Å². The zero-order valence-electron chi connectivity index (χ0n) is 17.8. The minimum Gasteiger partial charge on any atom is -0.481 e. The molecule has 0 saturated heterocycles. The molecular formula is C27H31NO2. The van der Waals surface area contributed by atoms with Crippen LogP contribution in [0.2, 0.25) is 0 Å². The Balaban J connectivity index is 1.29. The van der Waals surface area contributed by atoms with Gasteiger partial charge in [0.2, 0.25) is 0 Å². The SMILES string of the molecule is CC[C@H](Oc1ccc2c(c1)CCCC2)C(=O)NCCCc1cccc2ccccc12. The monoisotopic (exact) mass is 401 g/mol. The first-order valence-electron chi connectivity index (χ1n) is 11.3. The number of fused-ring (bicyclic) bond motifs is 2. The first-order chi connectivity index (χ1) is 14.7. The smallest absolute Gasteiger partial charge is 0.261 e. The van der Waals surface area contributed by atoms with E-state index in [9.17, 15) is 4.79 Å². The molecular weight excluding hydrogens is 370 g/mol. The molecule has 1 aliphatic rings. The minimum absolute atomic E-state index is 0.0202. The highest BCUT2D eigenvalue weighted by Gasteiger charge is 2.19. The largest absolute Gasteiger partial charge is 0.481 e. The number of carbonyl (C=O) groups is 1. The zero-order valence-corrected chi connectivity index (χ0v) is 17.8. The lowest BCUT2D eigenvalue weighted by molar-refractivity contribution is -0.128. The van der Waals surface area contributed by atoms with Gasteiger partial charge in [-0.05, 0) is 84.5 Å². The van der Waals surface area contributed by atoms with E-state index < -0.39 is 6.10 Å². The Bertz CT molecular complexity index is 1010. The Labute approximate surface area is 179 Å². The van der Waals surface area contributed by atoms with Crippen LogP contribution < -0.4 is 10.1 Å². The van der Waals surface area contributed by atoms with Gasteiger partial charge in [-0.2, -0.15) is 0 Å². The van der Waals surface area contributed by atoms with Gasteiger partial charge < -0.3 is 10.1 Å². The van der Waals surface area contributed by atoms with E-state index in [0.717, 1.165) is 31.4 Å². The second-order valence-electron chi connectivity index (χ2n) is 8.19. The molecule has 0 radical (unpaired) electrons. The van der Waals surface area contributed by atoms with Gasteiger partial charge in [0.25, 0.3) is 5.91 Å². The molecule has 3 nitrogen and oxygen atoms in total. The van der Waals surface area contributed by atoms with Crippen molar-refractivity contribution in [3.8, 4) is 5.75 Å². The van der Waals surface area contributed by atoms with Gasteiger partial charge in [-0.15, -0.1) is 0 Å². The van der Waals surface area contributed by atoms with Gasteiger partial charge in [-0.1, -0.05) is 55.5 Å². The molecule has 1 aliphatic carbocycles. The second-order valence-corrected chi connectivity index (χ2v) is 8.19. The molecule has 4 rings (SSSR count). The predicted octanol–water partition coefficient (Wildman–Crippen LogP) is 5.63. The normalized spacial score (nSPS) is 14.2. The van der Waals surface area contributed by atoms with Gasteiger partial charge in [-0.25, -0.2) is 0 Å². The number of amides is 1. The molecule has 0 fully saturated rings. The summed E-state index contributed by atoms with van der Waals surface area (Å²) in [6, 6.07) is 21.2. The lowest BCUT2D eigenvalue weighted by atomic mass is 9.92. The minimum atomic E-state index is -0.441. The van der Waals surface area contributed by atoms with Crippen molar-refractivity contribution in [2.24, 2.45) is 0 Å². The summed E-state index contributed by atoms with van der Waals surface area (Å²) in [6.07, 6.45) is 6.86. The summed E-state index contributed by atoms with van der Waals surface area (Å²) >= 11 is 0. The van der Waals surface area contributed by atoms with E-state index in [4.69, 9.17) is 4.74 Å². The van der Waals surface area contributed by atoms with Gasteiger partial charge in [0.1, 0.15) is 5.75 Å². The first kappa shape index (κ1) is 20.5. The van der Waals surface area contributed by atoms with Gasteiger partial charge in [-0.3, -0.25) is 4.79 Å². The van der Waals surface area contributed by atoms with E-state index in [1.807, 2.05) is 13.0 Å². The molecule has 0 aliphatic heterocycles. The molecule has 0 spiro atoms. The first-order valence-corrected chi connectivity index (χ1v) is 11.3. The van der Waals surface area contributed by atoms with Crippen molar-refractivity contribution >= 4 is 16.7 Å². The quantitative estimate of drug-likeness (QED) is 0.497. The molecule has 3 heteroatoms. The van der Waals surface area contributed by atoms with Crippen LogP contribution in [0, 0.1) is 0 Å². The summed E-state index contributed by atoms with van der Waals surface area (Å²) in [5.41, 5.74) is 4.14. The molecule has 0 aromatic heterocycles. The highest BCUT2D eigenvalue weighted by molar-refractivity contribution is 5.85. The molecule has 30 heavy (non-hydrogen) atoms. The molecule has 156 valence electrons. The average Bonchev–Trinajstić information content (AvgIpc) is 2.80. The predicted molar refractivity (Wildman–Crippen MR) is 123 cm³/mol. The number of nitrogens with one attached hydrogen (secondary N) is 1. The van der Waals surface area contributed by atoms with Gasteiger partial charge in [0, 0.05) is 6.54 Å². The Kier molecular flexibility index (Phi) is 6.68. The van der Waals surface area contributed by atoms with Crippen LogP contribution in [-0.4, -0.2) is 18.6 Å². The van der Waals surface area contributed by atoms with E-state index in [1.54, 1.807) is 0 Å². The summed E-state index contributed by atoms with van der Waals surface area (Å²) in [4.78, 5) is 12.7. The summed E-state index contributed by atoms with van der Waals surface area (Å²) in [5, 5.41) is 5.64. The Morgan fingerprint density at radius 2 is 1.80 bits per heavy atom. The van der Waals surface area contributed by atoms with Gasteiger partial charge in [0.05, 0.1) is 0 Å². The van der Waals surface area contributed by atoms with E-state index in [1.165, 1.54) is 40.3 Å². The summed E-state index contributed by atoms with van der Waals surface area (Å²) in [7, 11) is 0. The molecule has 3 aromatic rings. The topological polar surface area (TPSA) is 38.3 Å². The molecule has 3 aromatic carbocycles. The van der Waals surface area contributed by atoms with Crippen LogP contribution in [0.1, 0.15) is 49.3 Å². The number of aryl methyl sites for hydroxylation is 3. The van der Waals surface area contributed by atoms with Crippen molar-refractivity contribution in [2.75, 3.05) is 6.54 Å². The van der Waals surface area contributed by atoms with Crippen LogP contribution in [0.5, 0.6) is 5.75 Å². The van der Waals surface area contributed by atoms with Crippen molar-refractivity contribution in [2.45, 2.75) is 58.0 Å². The molecule has 0 heterocycles. The molecule has 0 saturated carbocycles. The number of carbonyl (C=O) groups excluding carboxylic acids is 1. The summed E-state index contributed by atoms with van der Waals surface area (Å²) < 4.78 is 6.05. The van der Waals surface area contributed by atoms with E-state index in [0.29, 0.717) is 13.0 Å². The van der Waals surface area contributed by atoms with Crippen LogP contribution in [0.3, 0.4) is 0 Å². The number of hydrogen-bond acceptors (Lipinski definition) is 2. The van der Waals surface area contributed by atoms with Crippen molar-refractivity contribution < 1.29 is 9.53 Å². The molecule has 1 atom stereocenters. The van der Waals surface area contributed by atoms with Crippen molar-refractivity contribution in [3.05, 3.63) is 77.4 Å². The van der Waals surface area contributed by atoms with Gasteiger partial charge >= 0.3 is 0 Å². The highest BCUT2D eigenvalue weighted by Crippen LogP contribution is 2.26. The number of ether oxygens (including phenoxy) is 1. The van der Waals surface area contributed by atoms with E-state index >= 15 is 0 Å². The molecule has 1 amide bonds.